The van der Waals surface area contributed by atoms with E-state index in [1.165, 1.54) is 6.33 Å². The second kappa shape index (κ2) is 4.94. The van der Waals surface area contributed by atoms with E-state index in [0.717, 1.165) is 5.56 Å². The monoisotopic (exact) mass is 293 g/mol. The number of amides is 1. The summed E-state index contributed by atoms with van der Waals surface area (Å²) < 4.78 is 0. The zero-order chi connectivity index (χ0) is 13.2. The Morgan fingerprint density at radius 1 is 1.47 bits per heavy atom. The minimum atomic E-state index is -0.190. The fraction of sp³-hybridized carbons (Fsp3) is 0.0909. The quantitative estimate of drug-likeness (QED) is 0.726. The maximum Gasteiger partial charge on any atom is 0.233 e. The molecular weight excluding hydrogens is 286 g/mol. The number of nitrogens with one attached hydrogen (secondary N) is 2. The maximum atomic E-state index is 11.8. The molecule has 6 nitrogen and oxygen atoms in total. The van der Waals surface area contributed by atoms with Crippen molar-refractivity contribution in [2.45, 2.75) is 6.42 Å². The molecule has 0 unspecified atom stereocenters. The number of aromatic nitrogens is 4. The van der Waals surface area contributed by atoms with Crippen molar-refractivity contribution in [1.82, 2.24) is 19.9 Å². The fourth-order valence-electron chi connectivity index (χ4n) is 1.60. The third kappa shape index (κ3) is 2.56. The summed E-state index contributed by atoms with van der Waals surface area (Å²) in [6.45, 7) is 0. The van der Waals surface area contributed by atoms with E-state index in [9.17, 15) is 4.79 Å². The molecular formula is C11H8ClN5OS. The molecule has 1 amide bonds. The number of anilines is 1. The number of carbonyl (C=O) groups excluding carboxylic acids is 1. The van der Waals surface area contributed by atoms with Crippen molar-refractivity contribution >= 4 is 46.0 Å². The maximum absolute atomic E-state index is 11.8. The van der Waals surface area contributed by atoms with Crippen LogP contribution in [0.2, 0.25) is 5.15 Å². The molecule has 0 spiro atoms. The first-order valence-electron chi connectivity index (χ1n) is 5.40. The summed E-state index contributed by atoms with van der Waals surface area (Å²) in [6.07, 6.45) is 1.76. The van der Waals surface area contributed by atoms with Crippen molar-refractivity contribution in [1.29, 1.82) is 0 Å². The van der Waals surface area contributed by atoms with Gasteiger partial charge in [0.2, 0.25) is 11.9 Å². The van der Waals surface area contributed by atoms with Gasteiger partial charge in [0.15, 0.2) is 10.8 Å². The molecule has 0 radical (unpaired) electrons. The van der Waals surface area contributed by atoms with Crippen LogP contribution in [-0.2, 0) is 11.2 Å². The molecule has 0 aliphatic heterocycles. The van der Waals surface area contributed by atoms with Gasteiger partial charge in [-0.05, 0) is 22.4 Å². The molecule has 3 aromatic rings. The number of imidazole rings is 1. The lowest BCUT2D eigenvalue weighted by atomic mass is 10.2. The van der Waals surface area contributed by atoms with Crippen LogP contribution in [0.4, 0.5) is 5.95 Å². The molecule has 3 rings (SSSR count). The van der Waals surface area contributed by atoms with Crippen molar-refractivity contribution in [3.63, 3.8) is 0 Å². The molecule has 0 aliphatic carbocycles. The Hall–Kier alpha value is -1.99. The zero-order valence-electron chi connectivity index (χ0n) is 9.55. The number of fused-ring (bicyclic) bond motifs is 1. The van der Waals surface area contributed by atoms with Gasteiger partial charge >= 0.3 is 0 Å². The van der Waals surface area contributed by atoms with Crippen LogP contribution in [0.5, 0.6) is 0 Å². The summed E-state index contributed by atoms with van der Waals surface area (Å²) in [6, 6.07) is 1.90. The van der Waals surface area contributed by atoms with Crippen molar-refractivity contribution < 1.29 is 4.79 Å². The number of halogens is 1. The minimum Gasteiger partial charge on any atom is -0.341 e. The molecule has 0 saturated heterocycles. The van der Waals surface area contributed by atoms with Crippen LogP contribution < -0.4 is 5.32 Å². The molecule has 96 valence electrons. The van der Waals surface area contributed by atoms with Crippen LogP contribution in [0.1, 0.15) is 5.56 Å². The summed E-state index contributed by atoms with van der Waals surface area (Å²) in [4.78, 5) is 26.7. The number of rotatable bonds is 3. The normalized spacial score (nSPS) is 10.8. The highest BCUT2D eigenvalue weighted by atomic mass is 35.5. The number of hydrogen-bond acceptors (Lipinski definition) is 5. The SMILES string of the molecule is O=C(Cc1ccsc1)Nc1nc(Cl)c2[nH]cnc2n1. The average Bonchev–Trinajstić information content (AvgIpc) is 2.99. The molecule has 3 aromatic heterocycles. The topological polar surface area (TPSA) is 83.6 Å². The molecule has 0 atom stereocenters. The van der Waals surface area contributed by atoms with Crippen LogP contribution >= 0.6 is 22.9 Å². The number of carbonyl (C=O) groups is 1. The van der Waals surface area contributed by atoms with E-state index in [0.29, 0.717) is 11.2 Å². The Kier molecular flexibility index (Phi) is 3.14. The number of thiophene rings is 1. The van der Waals surface area contributed by atoms with Crippen LogP contribution in [0.25, 0.3) is 11.2 Å². The number of nitrogens with zero attached hydrogens (tertiary/aromatic N) is 3. The van der Waals surface area contributed by atoms with Gasteiger partial charge in [0.05, 0.1) is 12.7 Å². The molecule has 0 fully saturated rings. The molecule has 0 aliphatic rings. The Morgan fingerprint density at radius 3 is 3.16 bits per heavy atom. The van der Waals surface area contributed by atoms with E-state index < -0.39 is 0 Å². The first kappa shape index (κ1) is 12.1. The Bertz CT molecular complexity index is 724. The van der Waals surface area contributed by atoms with Gasteiger partial charge in [-0.15, -0.1) is 0 Å². The molecule has 2 N–H and O–H groups in total. The highest BCUT2D eigenvalue weighted by Gasteiger charge is 2.11. The molecule has 0 bridgehead atoms. The van der Waals surface area contributed by atoms with E-state index in [1.54, 1.807) is 11.3 Å². The smallest absolute Gasteiger partial charge is 0.233 e. The second-order valence-corrected chi connectivity index (χ2v) is 4.93. The fourth-order valence-corrected chi connectivity index (χ4v) is 2.49. The number of hydrogen-bond donors (Lipinski definition) is 2. The predicted octanol–water partition coefficient (Wildman–Crippen LogP) is 2.25. The Labute approximate surface area is 116 Å². The number of aromatic amines is 1. The van der Waals surface area contributed by atoms with Gasteiger partial charge in [-0.2, -0.15) is 21.3 Å². The number of H-pyrrole nitrogens is 1. The van der Waals surface area contributed by atoms with Gasteiger partial charge < -0.3 is 4.98 Å². The van der Waals surface area contributed by atoms with E-state index in [2.05, 4.69) is 25.3 Å². The van der Waals surface area contributed by atoms with E-state index >= 15 is 0 Å². The molecule has 3 heterocycles. The summed E-state index contributed by atoms with van der Waals surface area (Å²) in [7, 11) is 0. The average molecular weight is 294 g/mol. The summed E-state index contributed by atoms with van der Waals surface area (Å²) in [5.74, 6) is -0.0332. The highest BCUT2D eigenvalue weighted by molar-refractivity contribution is 7.08. The molecule has 0 saturated carbocycles. The third-order valence-corrected chi connectivity index (χ3v) is 3.44. The third-order valence-electron chi connectivity index (χ3n) is 2.44. The second-order valence-electron chi connectivity index (χ2n) is 3.80. The van der Waals surface area contributed by atoms with Crippen molar-refractivity contribution in [3.8, 4) is 0 Å². The Balaban J connectivity index is 1.79. The molecule has 19 heavy (non-hydrogen) atoms. The summed E-state index contributed by atoms with van der Waals surface area (Å²) in [5, 5.41) is 6.68. The van der Waals surface area contributed by atoms with E-state index in [-0.39, 0.29) is 23.4 Å². The van der Waals surface area contributed by atoms with Crippen LogP contribution in [0.3, 0.4) is 0 Å². The highest BCUT2D eigenvalue weighted by Crippen LogP contribution is 2.18. The van der Waals surface area contributed by atoms with Crippen LogP contribution in [-0.4, -0.2) is 25.8 Å². The van der Waals surface area contributed by atoms with Gasteiger partial charge in [0.1, 0.15) is 5.52 Å². The largest absolute Gasteiger partial charge is 0.341 e. The van der Waals surface area contributed by atoms with Crippen LogP contribution in [0.15, 0.2) is 23.2 Å². The Morgan fingerprint density at radius 2 is 2.37 bits per heavy atom. The van der Waals surface area contributed by atoms with Gasteiger partial charge in [0, 0.05) is 0 Å². The molecule has 8 heteroatoms. The van der Waals surface area contributed by atoms with Crippen molar-refractivity contribution in [3.05, 3.63) is 33.9 Å². The van der Waals surface area contributed by atoms with Gasteiger partial charge in [0.25, 0.3) is 0 Å². The summed E-state index contributed by atoms with van der Waals surface area (Å²) in [5.41, 5.74) is 1.93. The lowest BCUT2D eigenvalue weighted by molar-refractivity contribution is -0.115. The van der Waals surface area contributed by atoms with Gasteiger partial charge in [-0.1, -0.05) is 11.6 Å². The first-order valence-corrected chi connectivity index (χ1v) is 6.72. The molecule has 0 aromatic carbocycles. The standard InChI is InChI=1S/C11H8ClN5OS/c12-9-8-10(14-5-13-8)17-11(16-9)15-7(18)3-6-1-2-19-4-6/h1-2,4-5H,3H2,(H2,13,14,15,16,17,18). The van der Waals surface area contributed by atoms with Gasteiger partial charge in [-0.3, -0.25) is 10.1 Å². The van der Waals surface area contributed by atoms with Crippen LogP contribution in [0, 0.1) is 0 Å². The minimum absolute atomic E-state index is 0.157. The lowest BCUT2D eigenvalue weighted by Gasteiger charge is -2.03. The summed E-state index contributed by atoms with van der Waals surface area (Å²) >= 11 is 7.50. The van der Waals surface area contributed by atoms with E-state index in [1.807, 2.05) is 16.8 Å². The first-order chi connectivity index (χ1) is 9.22. The zero-order valence-corrected chi connectivity index (χ0v) is 11.1. The van der Waals surface area contributed by atoms with Crippen molar-refractivity contribution in [2.24, 2.45) is 0 Å². The lowest BCUT2D eigenvalue weighted by Crippen LogP contribution is -2.16. The van der Waals surface area contributed by atoms with Gasteiger partial charge in [-0.25, -0.2) is 4.98 Å². The van der Waals surface area contributed by atoms with Crippen molar-refractivity contribution in [2.75, 3.05) is 5.32 Å². The van der Waals surface area contributed by atoms with E-state index in [4.69, 9.17) is 11.6 Å². The predicted molar refractivity (Wildman–Crippen MR) is 73.3 cm³/mol.